The third-order valence-electron chi connectivity index (χ3n) is 6.16. The van der Waals surface area contributed by atoms with E-state index in [0.717, 1.165) is 45.3 Å². The van der Waals surface area contributed by atoms with Gasteiger partial charge in [-0.3, -0.25) is 9.69 Å². The maximum Gasteiger partial charge on any atom is 0.410 e. The summed E-state index contributed by atoms with van der Waals surface area (Å²) in [5, 5.41) is 0. The summed E-state index contributed by atoms with van der Waals surface area (Å²) in [5.74, 6) is 0.787. The van der Waals surface area contributed by atoms with E-state index in [0.29, 0.717) is 38.8 Å². The van der Waals surface area contributed by atoms with E-state index in [9.17, 15) is 9.59 Å². The maximum absolute atomic E-state index is 13.1. The van der Waals surface area contributed by atoms with Crippen molar-refractivity contribution >= 4 is 12.0 Å². The molecule has 1 atom stereocenters. The topological polar surface area (TPSA) is 62.3 Å². The Hall–Kier alpha value is -1.34. The van der Waals surface area contributed by atoms with Crippen LogP contribution in [0.4, 0.5) is 4.79 Å². The quantitative estimate of drug-likeness (QED) is 0.704. The van der Waals surface area contributed by atoms with Crippen LogP contribution in [-0.4, -0.2) is 90.8 Å². The van der Waals surface area contributed by atoms with Crippen LogP contribution in [0.15, 0.2) is 0 Å². The molecule has 154 valence electrons. The zero-order chi connectivity index (χ0) is 19.4. The summed E-state index contributed by atoms with van der Waals surface area (Å²) in [6, 6.07) is -0.0587. The number of likely N-dealkylation sites (tertiary alicyclic amines) is 1. The van der Waals surface area contributed by atoms with Gasteiger partial charge in [0.2, 0.25) is 5.91 Å². The molecule has 0 saturated carbocycles. The highest BCUT2D eigenvalue weighted by atomic mass is 16.6. The molecule has 3 aliphatic rings. The molecule has 3 aliphatic heterocycles. The number of carbonyl (C=O) groups excluding carboxylic acids is 2. The van der Waals surface area contributed by atoms with Gasteiger partial charge in [-0.05, 0) is 18.8 Å². The van der Waals surface area contributed by atoms with Gasteiger partial charge in [-0.1, -0.05) is 20.8 Å². The predicted molar refractivity (Wildman–Crippen MR) is 103 cm³/mol. The molecule has 0 N–H and O–H groups in total. The first-order valence-corrected chi connectivity index (χ1v) is 10.5. The lowest BCUT2D eigenvalue weighted by atomic mass is 9.90. The summed E-state index contributed by atoms with van der Waals surface area (Å²) in [7, 11) is 0. The summed E-state index contributed by atoms with van der Waals surface area (Å²) in [5.41, 5.74) is -0.397. The molecular weight excluding hydrogens is 346 g/mol. The maximum atomic E-state index is 13.1. The fourth-order valence-corrected chi connectivity index (χ4v) is 4.36. The van der Waals surface area contributed by atoms with Crippen LogP contribution < -0.4 is 0 Å². The average Bonchev–Trinajstić information content (AvgIpc) is 2.97. The van der Waals surface area contributed by atoms with Crippen LogP contribution >= 0.6 is 0 Å². The molecular formula is C20H35N3O4. The van der Waals surface area contributed by atoms with Crippen molar-refractivity contribution in [2.24, 2.45) is 5.92 Å². The molecule has 0 bridgehead atoms. The van der Waals surface area contributed by atoms with Gasteiger partial charge in [-0.2, -0.15) is 0 Å². The Morgan fingerprint density at radius 3 is 2.41 bits per heavy atom. The van der Waals surface area contributed by atoms with Gasteiger partial charge in [0.25, 0.3) is 0 Å². The molecule has 3 fully saturated rings. The average molecular weight is 382 g/mol. The highest BCUT2D eigenvalue weighted by molar-refractivity contribution is 5.82. The molecule has 3 heterocycles. The molecule has 0 unspecified atom stereocenters. The van der Waals surface area contributed by atoms with Gasteiger partial charge in [0.05, 0.1) is 25.8 Å². The van der Waals surface area contributed by atoms with Crippen LogP contribution in [0.1, 0.15) is 46.5 Å². The second-order valence-corrected chi connectivity index (χ2v) is 8.55. The number of morpholine rings is 1. The van der Waals surface area contributed by atoms with Crippen molar-refractivity contribution in [2.75, 3.05) is 52.5 Å². The lowest BCUT2D eigenvalue weighted by Crippen LogP contribution is -2.55. The van der Waals surface area contributed by atoms with Gasteiger partial charge in [0.1, 0.15) is 5.60 Å². The third-order valence-corrected chi connectivity index (χ3v) is 6.16. The normalized spacial score (nSPS) is 24.5. The molecule has 0 radical (unpaired) electrons. The summed E-state index contributed by atoms with van der Waals surface area (Å²) in [6.45, 7) is 12.2. The minimum absolute atomic E-state index is 0.0587. The number of hydrogen-bond donors (Lipinski definition) is 0. The van der Waals surface area contributed by atoms with Gasteiger partial charge in [-0.15, -0.1) is 0 Å². The second-order valence-electron chi connectivity index (χ2n) is 8.55. The van der Waals surface area contributed by atoms with Crippen molar-refractivity contribution in [2.45, 2.75) is 58.1 Å². The van der Waals surface area contributed by atoms with Crippen LogP contribution in [-0.2, 0) is 14.3 Å². The molecule has 0 aliphatic carbocycles. The van der Waals surface area contributed by atoms with E-state index in [1.54, 1.807) is 0 Å². The van der Waals surface area contributed by atoms with E-state index in [2.05, 4.69) is 25.7 Å². The molecule has 0 aromatic carbocycles. The molecule has 0 aromatic rings. The van der Waals surface area contributed by atoms with Crippen molar-refractivity contribution in [3.63, 3.8) is 0 Å². The van der Waals surface area contributed by atoms with Gasteiger partial charge in [-0.25, -0.2) is 4.79 Å². The molecule has 0 aromatic heterocycles. The van der Waals surface area contributed by atoms with E-state index >= 15 is 0 Å². The number of ether oxygens (including phenoxy) is 2. The smallest absolute Gasteiger partial charge is 0.410 e. The Labute approximate surface area is 162 Å². The molecule has 7 heteroatoms. The number of rotatable bonds is 6. The minimum Gasteiger partial charge on any atom is -0.441 e. The Bertz CT molecular complexity index is 525. The van der Waals surface area contributed by atoms with Crippen molar-refractivity contribution < 1.29 is 19.1 Å². The SMILES string of the molecule is CC[C@@H](C(=O)N1CCC2(CC1)CN(CCC(C)C)C(=O)O2)N1CCOCC1. The Morgan fingerprint density at radius 1 is 1.15 bits per heavy atom. The highest BCUT2D eigenvalue weighted by Crippen LogP contribution is 2.34. The van der Waals surface area contributed by atoms with Crippen molar-refractivity contribution in [1.82, 2.24) is 14.7 Å². The lowest BCUT2D eigenvalue weighted by Gasteiger charge is -2.41. The summed E-state index contributed by atoms with van der Waals surface area (Å²) in [4.78, 5) is 31.4. The molecule has 3 rings (SSSR count). The molecule has 1 spiro atoms. The standard InChI is InChI=1S/C20H35N3O4/c1-4-17(21-11-13-26-14-12-21)18(24)22-9-6-20(7-10-22)15-23(19(25)27-20)8-5-16(2)3/h16-17H,4-15H2,1-3H3/t17-/m0/s1. The monoisotopic (exact) mass is 381 g/mol. The van der Waals surface area contributed by atoms with Crippen molar-refractivity contribution in [1.29, 1.82) is 0 Å². The second kappa shape index (κ2) is 8.78. The molecule has 3 saturated heterocycles. The fourth-order valence-electron chi connectivity index (χ4n) is 4.36. The first-order valence-electron chi connectivity index (χ1n) is 10.5. The summed E-state index contributed by atoms with van der Waals surface area (Å²) >= 11 is 0. The van der Waals surface area contributed by atoms with Crippen LogP contribution in [0.2, 0.25) is 0 Å². The Balaban J connectivity index is 1.53. The third kappa shape index (κ3) is 4.74. The van der Waals surface area contributed by atoms with Gasteiger partial charge in [0, 0.05) is 45.6 Å². The molecule has 2 amide bonds. The van der Waals surface area contributed by atoms with Crippen LogP contribution in [0.3, 0.4) is 0 Å². The number of hydrogen-bond acceptors (Lipinski definition) is 5. The van der Waals surface area contributed by atoms with Gasteiger partial charge < -0.3 is 19.3 Å². The first kappa shape index (κ1) is 20.4. The molecule has 7 nitrogen and oxygen atoms in total. The van der Waals surface area contributed by atoms with E-state index < -0.39 is 5.60 Å². The zero-order valence-corrected chi connectivity index (χ0v) is 17.1. The predicted octanol–water partition coefficient (Wildman–Crippen LogP) is 1.96. The zero-order valence-electron chi connectivity index (χ0n) is 17.1. The largest absolute Gasteiger partial charge is 0.441 e. The summed E-state index contributed by atoms with van der Waals surface area (Å²) in [6.07, 6.45) is 3.10. The number of carbonyl (C=O) groups is 2. The number of nitrogens with zero attached hydrogens (tertiary/aromatic N) is 3. The number of amides is 2. The van der Waals surface area contributed by atoms with Crippen LogP contribution in [0, 0.1) is 5.92 Å². The molecule has 27 heavy (non-hydrogen) atoms. The summed E-state index contributed by atoms with van der Waals surface area (Å²) < 4.78 is 11.2. The highest BCUT2D eigenvalue weighted by Gasteiger charge is 2.47. The van der Waals surface area contributed by atoms with Crippen molar-refractivity contribution in [3.8, 4) is 0 Å². The van der Waals surface area contributed by atoms with Crippen LogP contribution in [0.25, 0.3) is 0 Å². The Kier molecular flexibility index (Phi) is 6.63. The van der Waals surface area contributed by atoms with E-state index in [1.165, 1.54) is 0 Å². The number of piperidine rings is 1. The Morgan fingerprint density at radius 2 is 1.81 bits per heavy atom. The van der Waals surface area contributed by atoms with E-state index in [-0.39, 0.29) is 18.0 Å². The first-order chi connectivity index (χ1) is 12.9. The van der Waals surface area contributed by atoms with Crippen LogP contribution in [0.5, 0.6) is 0 Å². The van der Waals surface area contributed by atoms with Crippen molar-refractivity contribution in [3.05, 3.63) is 0 Å². The minimum atomic E-state index is -0.397. The van der Waals surface area contributed by atoms with Gasteiger partial charge >= 0.3 is 6.09 Å². The van der Waals surface area contributed by atoms with E-state index in [4.69, 9.17) is 9.47 Å². The van der Waals surface area contributed by atoms with Gasteiger partial charge in [0.15, 0.2) is 0 Å². The lowest BCUT2D eigenvalue weighted by molar-refractivity contribution is -0.142. The fraction of sp³-hybridized carbons (Fsp3) is 0.900. The van der Waals surface area contributed by atoms with E-state index in [1.807, 2.05) is 9.80 Å².